The average Bonchev–Trinajstić information content (AvgIpc) is 2.82. The van der Waals surface area contributed by atoms with Gasteiger partial charge in [-0.1, -0.05) is 29.8 Å². The molecule has 0 aliphatic carbocycles. The molecule has 2 aromatic rings. The standard InChI is InChI=1S/C13H15N3O4S/c1-8-3-5-10(6-4-8)12-7-11(13(17)18)15-16(12)9(2)21(14,19)20/h3-7,9H,1-2H3,(H,17,18)(H2,14,19,20). The fourth-order valence-corrected chi connectivity index (χ4v) is 2.29. The van der Waals surface area contributed by atoms with Crippen LogP contribution in [0.2, 0.25) is 0 Å². The Morgan fingerprint density at radius 1 is 1.33 bits per heavy atom. The third-order valence-electron chi connectivity index (χ3n) is 3.12. The maximum atomic E-state index is 11.5. The minimum atomic E-state index is -3.90. The van der Waals surface area contributed by atoms with Gasteiger partial charge in [-0.3, -0.25) is 0 Å². The molecule has 112 valence electrons. The van der Waals surface area contributed by atoms with Crippen LogP contribution in [0.15, 0.2) is 30.3 Å². The van der Waals surface area contributed by atoms with Crippen LogP contribution in [0, 0.1) is 6.92 Å². The van der Waals surface area contributed by atoms with Gasteiger partial charge in [0.2, 0.25) is 10.0 Å². The van der Waals surface area contributed by atoms with Crippen molar-refractivity contribution in [3.05, 3.63) is 41.6 Å². The molecule has 0 fully saturated rings. The van der Waals surface area contributed by atoms with Crippen LogP contribution in [0.25, 0.3) is 11.3 Å². The van der Waals surface area contributed by atoms with E-state index >= 15 is 0 Å². The monoisotopic (exact) mass is 309 g/mol. The van der Waals surface area contributed by atoms with Gasteiger partial charge >= 0.3 is 5.97 Å². The number of hydrogen-bond acceptors (Lipinski definition) is 4. The average molecular weight is 309 g/mol. The third-order valence-corrected chi connectivity index (χ3v) is 4.27. The van der Waals surface area contributed by atoms with Crippen LogP contribution in [0.5, 0.6) is 0 Å². The number of carboxylic acids is 1. The maximum Gasteiger partial charge on any atom is 0.356 e. The van der Waals surface area contributed by atoms with E-state index in [1.165, 1.54) is 13.0 Å². The number of primary sulfonamides is 1. The number of carboxylic acid groups (broad SMARTS) is 1. The van der Waals surface area contributed by atoms with Gasteiger partial charge in [0, 0.05) is 0 Å². The number of sulfonamides is 1. The highest BCUT2D eigenvalue weighted by atomic mass is 32.2. The van der Waals surface area contributed by atoms with Gasteiger partial charge in [-0.15, -0.1) is 0 Å². The van der Waals surface area contributed by atoms with Crippen LogP contribution < -0.4 is 5.14 Å². The molecule has 21 heavy (non-hydrogen) atoms. The molecule has 1 atom stereocenters. The summed E-state index contributed by atoms with van der Waals surface area (Å²) in [5.74, 6) is -1.23. The fourth-order valence-electron chi connectivity index (χ4n) is 1.86. The van der Waals surface area contributed by atoms with E-state index in [-0.39, 0.29) is 5.69 Å². The van der Waals surface area contributed by atoms with Gasteiger partial charge in [-0.2, -0.15) is 5.10 Å². The predicted molar refractivity (Wildman–Crippen MR) is 77.2 cm³/mol. The number of nitrogens with zero attached hydrogens (tertiary/aromatic N) is 2. The molecule has 0 radical (unpaired) electrons. The molecule has 1 heterocycles. The zero-order valence-corrected chi connectivity index (χ0v) is 12.3. The highest BCUT2D eigenvalue weighted by Gasteiger charge is 2.24. The summed E-state index contributed by atoms with van der Waals surface area (Å²) in [4.78, 5) is 11.1. The van der Waals surface area contributed by atoms with Crippen molar-refractivity contribution in [2.24, 2.45) is 5.14 Å². The lowest BCUT2D eigenvalue weighted by Gasteiger charge is -2.13. The van der Waals surface area contributed by atoms with Crippen LogP contribution in [0.1, 0.15) is 28.3 Å². The van der Waals surface area contributed by atoms with Gasteiger partial charge in [-0.25, -0.2) is 23.0 Å². The Bertz CT molecular complexity index is 778. The molecule has 0 spiro atoms. The first-order chi connectivity index (χ1) is 9.70. The lowest BCUT2D eigenvalue weighted by molar-refractivity contribution is 0.0689. The van der Waals surface area contributed by atoms with Gasteiger partial charge in [0.15, 0.2) is 11.1 Å². The third kappa shape index (κ3) is 3.11. The number of aromatic nitrogens is 2. The Morgan fingerprint density at radius 2 is 1.90 bits per heavy atom. The van der Waals surface area contributed by atoms with E-state index in [1.807, 2.05) is 19.1 Å². The SMILES string of the molecule is Cc1ccc(-c2cc(C(=O)O)nn2C(C)S(N)(=O)=O)cc1. The van der Waals surface area contributed by atoms with E-state index in [9.17, 15) is 13.2 Å². The smallest absolute Gasteiger partial charge is 0.356 e. The molecule has 3 N–H and O–H groups in total. The number of nitrogens with two attached hydrogens (primary N) is 1. The molecular formula is C13H15N3O4S. The number of hydrogen-bond donors (Lipinski definition) is 2. The van der Waals surface area contributed by atoms with E-state index in [4.69, 9.17) is 10.2 Å². The summed E-state index contributed by atoms with van der Waals surface area (Å²) in [7, 11) is -3.90. The van der Waals surface area contributed by atoms with Gasteiger partial charge < -0.3 is 5.11 Å². The van der Waals surface area contributed by atoms with Crippen molar-refractivity contribution in [2.75, 3.05) is 0 Å². The molecule has 2 rings (SSSR count). The second kappa shape index (κ2) is 5.30. The Kier molecular flexibility index (Phi) is 3.84. The molecular weight excluding hydrogens is 294 g/mol. The van der Waals surface area contributed by atoms with E-state index in [0.717, 1.165) is 10.2 Å². The normalized spacial score (nSPS) is 13.1. The predicted octanol–water partition coefficient (Wildman–Crippen LogP) is 1.36. The topological polar surface area (TPSA) is 115 Å². The van der Waals surface area contributed by atoms with E-state index in [1.54, 1.807) is 12.1 Å². The highest BCUT2D eigenvalue weighted by molar-refractivity contribution is 7.89. The largest absolute Gasteiger partial charge is 0.476 e. The Balaban J connectivity index is 2.63. The molecule has 1 unspecified atom stereocenters. The van der Waals surface area contributed by atoms with Gasteiger partial charge in [0.1, 0.15) is 0 Å². The quantitative estimate of drug-likeness (QED) is 0.884. The Labute approximate surface area is 122 Å². The zero-order valence-electron chi connectivity index (χ0n) is 11.5. The van der Waals surface area contributed by atoms with E-state index in [0.29, 0.717) is 11.3 Å². The van der Waals surface area contributed by atoms with Crippen molar-refractivity contribution in [1.29, 1.82) is 0 Å². The summed E-state index contributed by atoms with van der Waals surface area (Å²) in [6, 6.07) is 8.55. The number of carbonyl (C=O) groups is 1. The lowest BCUT2D eigenvalue weighted by Crippen LogP contribution is -2.25. The van der Waals surface area contributed by atoms with Gasteiger partial charge in [0.25, 0.3) is 0 Å². The van der Waals surface area contributed by atoms with E-state index < -0.39 is 21.4 Å². The minimum Gasteiger partial charge on any atom is -0.476 e. The van der Waals surface area contributed by atoms with Crippen LogP contribution >= 0.6 is 0 Å². The molecule has 0 bridgehead atoms. The van der Waals surface area contributed by atoms with Crippen molar-refractivity contribution in [2.45, 2.75) is 19.2 Å². The number of aryl methyl sites for hydroxylation is 1. The molecule has 0 saturated carbocycles. The first-order valence-electron chi connectivity index (χ1n) is 6.11. The van der Waals surface area contributed by atoms with Crippen molar-refractivity contribution < 1.29 is 18.3 Å². The fraction of sp³-hybridized carbons (Fsp3) is 0.231. The van der Waals surface area contributed by atoms with Crippen LogP contribution in [-0.4, -0.2) is 29.3 Å². The van der Waals surface area contributed by atoms with Gasteiger partial charge in [0.05, 0.1) is 5.69 Å². The first kappa shape index (κ1) is 15.2. The lowest BCUT2D eigenvalue weighted by atomic mass is 10.1. The molecule has 7 nitrogen and oxygen atoms in total. The molecule has 0 aliphatic heterocycles. The number of aromatic carboxylic acids is 1. The summed E-state index contributed by atoms with van der Waals surface area (Å²) in [5, 5.41) is 16.8. The first-order valence-corrected chi connectivity index (χ1v) is 7.72. The van der Waals surface area contributed by atoms with Crippen molar-refractivity contribution >= 4 is 16.0 Å². The van der Waals surface area contributed by atoms with Crippen molar-refractivity contribution in [1.82, 2.24) is 9.78 Å². The van der Waals surface area contributed by atoms with Crippen molar-refractivity contribution in [3.8, 4) is 11.3 Å². The molecule has 8 heteroatoms. The summed E-state index contributed by atoms with van der Waals surface area (Å²) < 4.78 is 24.2. The molecule has 1 aromatic carbocycles. The van der Waals surface area contributed by atoms with Gasteiger partial charge in [-0.05, 0) is 25.5 Å². The second-order valence-electron chi connectivity index (χ2n) is 4.72. The zero-order chi connectivity index (χ0) is 15.8. The second-order valence-corrected chi connectivity index (χ2v) is 6.58. The number of benzene rings is 1. The minimum absolute atomic E-state index is 0.235. The summed E-state index contributed by atoms with van der Waals surface area (Å²) in [5.41, 5.74) is 1.84. The molecule has 0 amide bonds. The Hall–Kier alpha value is -2.19. The Morgan fingerprint density at radius 3 is 2.38 bits per heavy atom. The summed E-state index contributed by atoms with van der Waals surface area (Å²) in [6.07, 6.45) is 0. The summed E-state index contributed by atoms with van der Waals surface area (Å²) >= 11 is 0. The van der Waals surface area contributed by atoms with Crippen molar-refractivity contribution in [3.63, 3.8) is 0 Å². The van der Waals surface area contributed by atoms with Crippen LogP contribution in [-0.2, 0) is 10.0 Å². The van der Waals surface area contributed by atoms with E-state index in [2.05, 4.69) is 5.10 Å². The molecule has 0 saturated heterocycles. The van der Waals surface area contributed by atoms with Crippen LogP contribution in [0.4, 0.5) is 0 Å². The summed E-state index contributed by atoms with van der Waals surface area (Å²) in [6.45, 7) is 3.27. The number of rotatable bonds is 4. The van der Waals surface area contributed by atoms with Crippen LogP contribution in [0.3, 0.4) is 0 Å². The molecule has 1 aromatic heterocycles. The highest BCUT2D eigenvalue weighted by Crippen LogP contribution is 2.25. The maximum absolute atomic E-state index is 11.5. The molecule has 0 aliphatic rings.